The molecule has 22 heavy (non-hydrogen) atoms. The zero-order valence-electron chi connectivity index (χ0n) is 13.3. The zero-order valence-corrected chi connectivity index (χ0v) is 13.3. The third-order valence-corrected chi connectivity index (χ3v) is 4.45. The molecule has 0 aromatic heterocycles. The smallest absolute Gasteiger partial charge is 0.122 e. The molecule has 116 valence electrons. The molecule has 3 rings (SSSR count). The molecule has 2 atom stereocenters. The lowest BCUT2D eigenvalue weighted by Gasteiger charge is -2.33. The normalized spacial score (nSPS) is 18.3. The fraction of sp³-hybridized carbons (Fsp3) is 0.400. The molecule has 2 nitrogen and oxygen atoms in total. The Hall–Kier alpha value is -1.80. The Labute approximate surface area is 133 Å². The second kappa shape index (κ2) is 7.46. The minimum atomic E-state index is 0.465. The van der Waals surface area contributed by atoms with Gasteiger partial charge in [-0.3, -0.25) is 0 Å². The molecule has 2 aromatic carbocycles. The first-order chi connectivity index (χ1) is 10.9. The van der Waals surface area contributed by atoms with Crippen molar-refractivity contribution >= 4 is 0 Å². The first-order valence-corrected chi connectivity index (χ1v) is 8.37. The molecule has 2 heteroatoms. The molecule has 0 bridgehead atoms. The molecule has 0 spiro atoms. The zero-order chi connectivity index (χ0) is 15.2. The van der Waals surface area contributed by atoms with E-state index in [1.807, 2.05) is 0 Å². The van der Waals surface area contributed by atoms with Gasteiger partial charge in [-0.1, -0.05) is 55.5 Å². The second-order valence-electron chi connectivity index (χ2n) is 6.03. The van der Waals surface area contributed by atoms with Crippen molar-refractivity contribution in [2.45, 2.75) is 38.1 Å². The molecule has 2 aromatic rings. The van der Waals surface area contributed by atoms with Gasteiger partial charge < -0.3 is 10.1 Å². The van der Waals surface area contributed by atoms with Gasteiger partial charge in [0, 0.05) is 12.0 Å². The van der Waals surface area contributed by atoms with E-state index in [9.17, 15) is 0 Å². The Morgan fingerprint density at radius 3 is 2.68 bits per heavy atom. The molecule has 1 aliphatic heterocycles. The summed E-state index contributed by atoms with van der Waals surface area (Å²) < 4.78 is 5.83. The SMILES string of the molecule is CCCNC(Cc1ccccc1)C1CCOc2ccccc21. The summed E-state index contributed by atoms with van der Waals surface area (Å²) in [7, 11) is 0. The number of hydrogen-bond donors (Lipinski definition) is 1. The fourth-order valence-corrected chi connectivity index (χ4v) is 3.34. The molecule has 0 radical (unpaired) electrons. The maximum Gasteiger partial charge on any atom is 0.122 e. The Bertz CT molecular complexity index is 581. The molecule has 1 aliphatic rings. The van der Waals surface area contributed by atoms with Gasteiger partial charge in [0.2, 0.25) is 0 Å². The topological polar surface area (TPSA) is 21.3 Å². The van der Waals surface area contributed by atoms with Crippen LogP contribution in [-0.2, 0) is 6.42 Å². The van der Waals surface area contributed by atoms with Gasteiger partial charge in [-0.05, 0) is 43.0 Å². The van der Waals surface area contributed by atoms with Crippen LogP contribution in [-0.4, -0.2) is 19.2 Å². The maximum absolute atomic E-state index is 5.83. The van der Waals surface area contributed by atoms with Crippen LogP contribution < -0.4 is 10.1 Å². The quantitative estimate of drug-likeness (QED) is 0.864. The van der Waals surface area contributed by atoms with Crippen LogP contribution in [0.3, 0.4) is 0 Å². The minimum Gasteiger partial charge on any atom is -0.493 e. The highest BCUT2D eigenvalue weighted by molar-refractivity contribution is 5.39. The van der Waals surface area contributed by atoms with Crippen molar-refractivity contribution in [1.82, 2.24) is 5.32 Å². The number of para-hydroxylation sites is 1. The standard InChI is InChI=1S/C20H25NO/c1-2-13-21-19(15-16-8-4-3-5-9-16)17-12-14-22-20-11-7-6-10-18(17)20/h3-11,17,19,21H,2,12-15H2,1H3. The summed E-state index contributed by atoms with van der Waals surface area (Å²) in [6.07, 6.45) is 3.32. The summed E-state index contributed by atoms with van der Waals surface area (Å²) in [4.78, 5) is 0. The van der Waals surface area contributed by atoms with Gasteiger partial charge in [-0.25, -0.2) is 0 Å². The van der Waals surface area contributed by atoms with Crippen molar-refractivity contribution in [3.8, 4) is 5.75 Å². The lowest BCUT2D eigenvalue weighted by Crippen LogP contribution is -2.39. The monoisotopic (exact) mass is 295 g/mol. The Morgan fingerprint density at radius 2 is 1.86 bits per heavy atom. The van der Waals surface area contributed by atoms with Crippen LogP contribution in [0.1, 0.15) is 36.8 Å². The summed E-state index contributed by atoms with van der Waals surface area (Å²) in [6, 6.07) is 19.8. The molecule has 0 amide bonds. The largest absolute Gasteiger partial charge is 0.493 e. The van der Waals surface area contributed by atoms with Gasteiger partial charge in [-0.2, -0.15) is 0 Å². The summed E-state index contributed by atoms with van der Waals surface area (Å²) >= 11 is 0. The van der Waals surface area contributed by atoms with Crippen molar-refractivity contribution in [2.24, 2.45) is 0 Å². The van der Waals surface area contributed by atoms with E-state index < -0.39 is 0 Å². The molecule has 2 unspecified atom stereocenters. The van der Waals surface area contributed by atoms with E-state index in [4.69, 9.17) is 4.74 Å². The van der Waals surface area contributed by atoms with Gasteiger partial charge in [0.1, 0.15) is 5.75 Å². The molecule has 0 aliphatic carbocycles. The first kappa shape index (κ1) is 15.1. The second-order valence-corrected chi connectivity index (χ2v) is 6.03. The third-order valence-electron chi connectivity index (χ3n) is 4.45. The lowest BCUT2D eigenvalue weighted by atomic mass is 9.83. The average molecular weight is 295 g/mol. The van der Waals surface area contributed by atoms with Crippen LogP contribution in [0.4, 0.5) is 0 Å². The highest BCUT2D eigenvalue weighted by atomic mass is 16.5. The predicted molar refractivity (Wildman–Crippen MR) is 91.5 cm³/mol. The number of ether oxygens (including phenoxy) is 1. The van der Waals surface area contributed by atoms with Gasteiger partial charge in [0.05, 0.1) is 6.61 Å². The number of hydrogen-bond acceptors (Lipinski definition) is 2. The highest BCUT2D eigenvalue weighted by Gasteiger charge is 2.28. The van der Waals surface area contributed by atoms with E-state index in [1.54, 1.807) is 0 Å². The predicted octanol–water partition coefficient (Wildman–Crippen LogP) is 4.16. The molecule has 0 fully saturated rings. The van der Waals surface area contributed by atoms with Crippen molar-refractivity contribution < 1.29 is 4.74 Å². The summed E-state index contributed by atoms with van der Waals surface area (Å²) in [5.41, 5.74) is 2.76. The van der Waals surface area contributed by atoms with Gasteiger partial charge >= 0.3 is 0 Å². The Kier molecular flexibility index (Phi) is 5.12. The van der Waals surface area contributed by atoms with Crippen LogP contribution in [0.15, 0.2) is 54.6 Å². The highest BCUT2D eigenvalue weighted by Crippen LogP contribution is 2.36. The average Bonchev–Trinajstić information content (AvgIpc) is 2.59. The lowest BCUT2D eigenvalue weighted by molar-refractivity contribution is 0.244. The maximum atomic E-state index is 5.83. The van der Waals surface area contributed by atoms with Crippen molar-refractivity contribution in [3.05, 3.63) is 65.7 Å². The van der Waals surface area contributed by atoms with Crippen LogP contribution in [0.25, 0.3) is 0 Å². The summed E-state index contributed by atoms with van der Waals surface area (Å²) in [6.45, 7) is 4.11. The van der Waals surface area contributed by atoms with Gasteiger partial charge in [-0.15, -0.1) is 0 Å². The number of benzene rings is 2. The fourth-order valence-electron chi connectivity index (χ4n) is 3.34. The van der Waals surface area contributed by atoms with Crippen LogP contribution in [0.2, 0.25) is 0 Å². The van der Waals surface area contributed by atoms with Crippen LogP contribution in [0.5, 0.6) is 5.75 Å². The van der Waals surface area contributed by atoms with E-state index in [0.29, 0.717) is 12.0 Å². The van der Waals surface area contributed by atoms with Crippen LogP contribution in [0, 0.1) is 0 Å². The minimum absolute atomic E-state index is 0.465. The van der Waals surface area contributed by atoms with E-state index in [-0.39, 0.29) is 0 Å². The van der Waals surface area contributed by atoms with E-state index in [2.05, 4.69) is 66.8 Å². The number of rotatable bonds is 6. The van der Waals surface area contributed by atoms with Gasteiger partial charge in [0.15, 0.2) is 0 Å². The Morgan fingerprint density at radius 1 is 1.09 bits per heavy atom. The molecular formula is C20H25NO. The third kappa shape index (κ3) is 3.50. The van der Waals surface area contributed by atoms with Crippen molar-refractivity contribution in [3.63, 3.8) is 0 Å². The van der Waals surface area contributed by atoms with Crippen molar-refractivity contribution in [2.75, 3.05) is 13.2 Å². The van der Waals surface area contributed by atoms with E-state index in [1.165, 1.54) is 11.1 Å². The van der Waals surface area contributed by atoms with Gasteiger partial charge in [0.25, 0.3) is 0 Å². The molecular weight excluding hydrogens is 270 g/mol. The van der Waals surface area contributed by atoms with Crippen LogP contribution >= 0.6 is 0 Å². The molecule has 1 N–H and O–H groups in total. The molecule has 0 saturated heterocycles. The Balaban J connectivity index is 1.83. The van der Waals surface area contributed by atoms with Crippen molar-refractivity contribution in [1.29, 1.82) is 0 Å². The summed E-state index contributed by atoms with van der Waals surface area (Å²) in [5, 5.41) is 3.77. The van der Waals surface area contributed by atoms with E-state index in [0.717, 1.165) is 38.2 Å². The number of nitrogens with one attached hydrogen (secondary N) is 1. The first-order valence-electron chi connectivity index (χ1n) is 8.37. The summed E-state index contributed by atoms with van der Waals surface area (Å²) in [5.74, 6) is 1.59. The molecule has 0 saturated carbocycles. The molecule has 1 heterocycles. The van der Waals surface area contributed by atoms with E-state index >= 15 is 0 Å². The number of fused-ring (bicyclic) bond motifs is 1.